The predicted octanol–water partition coefficient (Wildman–Crippen LogP) is 5.71. The Hall–Kier alpha value is -4.06. The first-order valence-corrected chi connectivity index (χ1v) is 10.4. The number of aromatic nitrogens is 4. The summed E-state index contributed by atoms with van der Waals surface area (Å²) in [5, 5.41) is 5.71. The van der Waals surface area contributed by atoms with E-state index in [2.05, 4.69) is 21.1 Å². The van der Waals surface area contributed by atoms with Gasteiger partial charge in [-0.3, -0.25) is 9.67 Å². The Labute approximate surface area is 185 Å². The van der Waals surface area contributed by atoms with Crippen LogP contribution in [0, 0.1) is 0 Å². The molecule has 0 atom stereocenters. The summed E-state index contributed by atoms with van der Waals surface area (Å²) in [5.74, 6) is 0.748. The summed E-state index contributed by atoms with van der Waals surface area (Å²) >= 11 is 0. The van der Waals surface area contributed by atoms with Crippen LogP contribution in [0.1, 0.15) is 5.69 Å². The van der Waals surface area contributed by atoms with Gasteiger partial charge in [0.15, 0.2) is 0 Å². The first-order valence-electron chi connectivity index (χ1n) is 10.4. The van der Waals surface area contributed by atoms with Crippen LogP contribution in [0.15, 0.2) is 91.4 Å². The molecule has 32 heavy (non-hydrogen) atoms. The van der Waals surface area contributed by atoms with Crippen LogP contribution in [-0.4, -0.2) is 26.4 Å². The lowest BCUT2D eigenvalue weighted by Gasteiger charge is -2.08. The zero-order valence-corrected chi connectivity index (χ0v) is 17.4. The number of pyridine rings is 2. The topological polar surface area (TPSA) is 52.8 Å². The van der Waals surface area contributed by atoms with Crippen LogP contribution in [0.2, 0.25) is 0 Å². The van der Waals surface area contributed by atoms with E-state index in [1.807, 2.05) is 72.9 Å². The first-order chi connectivity index (χ1) is 15.8. The van der Waals surface area contributed by atoms with Crippen LogP contribution >= 0.6 is 0 Å². The van der Waals surface area contributed by atoms with Crippen molar-refractivity contribution in [3.63, 3.8) is 0 Å². The second-order valence-corrected chi connectivity index (χ2v) is 7.39. The summed E-state index contributed by atoms with van der Waals surface area (Å²) in [4.78, 5) is 8.73. The van der Waals surface area contributed by atoms with E-state index >= 15 is 0 Å². The first kappa shape index (κ1) is 19.9. The van der Waals surface area contributed by atoms with Crippen molar-refractivity contribution in [1.29, 1.82) is 0 Å². The Morgan fingerprint density at radius 3 is 2.47 bits per heavy atom. The Morgan fingerprint density at radius 1 is 0.844 bits per heavy atom. The number of fused-ring (bicyclic) bond motifs is 1. The summed E-state index contributed by atoms with van der Waals surface area (Å²) in [7, 11) is 0. The fourth-order valence-corrected chi connectivity index (χ4v) is 3.63. The van der Waals surface area contributed by atoms with Gasteiger partial charge in [-0.2, -0.15) is 5.10 Å². The van der Waals surface area contributed by atoms with E-state index in [-0.39, 0.29) is 6.54 Å². The van der Waals surface area contributed by atoms with E-state index in [4.69, 9.17) is 4.74 Å². The van der Waals surface area contributed by atoms with Gasteiger partial charge in [0.05, 0.1) is 17.8 Å². The molecule has 0 bridgehead atoms. The smallest absolute Gasteiger partial charge is 0.130 e. The maximum atomic E-state index is 12.9. The largest absolute Gasteiger partial charge is 0.487 e. The van der Waals surface area contributed by atoms with Gasteiger partial charge >= 0.3 is 0 Å². The summed E-state index contributed by atoms with van der Waals surface area (Å²) in [6.45, 7) is 0.141. The summed E-state index contributed by atoms with van der Waals surface area (Å²) in [6, 6.07) is 23.7. The van der Waals surface area contributed by atoms with Crippen molar-refractivity contribution in [2.75, 3.05) is 6.67 Å². The molecule has 0 aliphatic carbocycles. The summed E-state index contributed by atoms with van der Waals surface area (Å²) < 4.78 is 20.5. The molecule has 0 radical (unpaired) electrons. The second-order valence-electron chi connectivity index (χ2n) is 7.39. The molecule has 0 unspecified atom stereocenters. The fraction of sp³-hybridized carbons (Fsp3) is 0.115. The van der Waals surface area contributed by atoms with Gasteiger partial charge in [-0.1, -0.05) is 24.3 Å². The van der Waals surface area contributed by atoms with E-state index < -0.39 is 6.67 Å². The molecular weight excluding hydrogens is 402 g/mol. The van der Waals surface area contributed by atoms with Gasteiger partial charge in [0, 0.05) is 35.1 Å². The Balaban J connectivity index is 1.36. The summed E-state index contributed by atoms with van der Waals surface area (Å²) in [5.41, 5.74) is 5.49. The molecular formula is C26H21FN4O. The number of aryl methyl sites for hydroxylation is 1. The number of ether oxygens (including phenoxy) is 1. The minimum atomic E-state index is -0.466. The minimum absolute atomic E-state index is 0.220. The zero-order valence-electron chi connectivity index (χ0n) is 17.4. The van der Waals surface area contributed by atoms with Crippen LogP contribution in [0.5, 0.6) is 5.75 Å². The third kappa shape index (κ3) is 4.21. The number of hydrogen-bond acceptors (Lipinski definition) is 4. The third-order valence-corrected chi connectivity index (χ3v) is 5.24. The van der Waals surface area contributed by atoms with Gasteiger partial charge in [0.25, 0.3) is 0 Å². The number of halogens is 1. The monoisotopic (exact) mass is 423 g/mol. The van der Waals surface area contributed by atoms with Crippen molar-refractivity contribution in [3.05, 3.63) is 97.1 Å². The quantitative estimate of drug-likeness (QED) is 0.337. The molecule has 0 saturated heterocycles. The molecule has 0 saturated carbocycles. The van der Waals surface area contributed by atoms with Crippen LogP contribution in [0.25, 0.3) is 33.3 Å². The molecule has 0 aliphatic heterocycles. The molecule has 5 rings (SSSR count). The minimum Gasteiger partial charge on any atom is -0.487 e. The van der Waals surface area contributed by atoms with Crippen LogP contribution in [0.3, 0.4) is 0 Å². The molecule has 2 aromatic carbocycles. The number of para-hydroxylation sites is 1. The average molecular weight is 423 g/mol. The lowest BCUT2D eigenvalue weighted by atomic mass is 10.0. The Bertz CT molecular complexity index is 1330. The lowest BCUT2D eigenvalue weighted by Crippen LogP contribution is -2.00. The van der Waals surface area contributed by atoms with Crippen LogP contribution < -0.4 is 4.74 Å². The fourth-order valence-electron chi connectivity index (χ4n) is 3.63. The lowest BCUT2D eigenvalue weighted by molar-refractivity contribution is 0.302. The van der Waals surface area contributed by atoms with Gasteiger partial charge in [0.2, 0.25) is 0 Å². The Morgan fingerprint density at radius 2 is 1.66 bits per heavy atom. The van der Waals surface area contributed by atoms with Crippen molar-refractivity contribution < 1.29 is 9.13 Å². The SMILES string of the molecule is [18F]CCn1cc(-c2ccncc2)c(-c2ccc(OCc3ccc4ccccc4n3)cc2)n1. The third-order valence-electron chi connectivity index (χ3n) is 5.24. The van der Waals surface area contributed by atoms with E-state index in [0.717, 1.165) is 44.7 Å². The van der Waals surface area contributed by atoms with Crippen molar-refractivity contribution in [2.45, 2.75) is 13.2 Å². The molecule has 158 valence electrons. The van der Waals surface area contributed by atoms with E-state index in [9.17, 15) is 4.39 Å². The molecule has 0 fully saturated rings. The predicted molar refractivity (Wildman–Crippen MR) is 123 cm³/mol. The zero-order chi connectivity index (χ0) is 21.8. The molecule has 5 nitrogen and oxygen atoms in total. The highest BCUT2D eigenvalue weighted by atomic mass is 18.2. The maximum absolute atomic E-state index is 12.9. The average Bonchev–Trinajstić information content (AvgIpc) is 3.28. The van der Waals surface area contributed by atoms with Gasteiger partial charge in [-0.15, -0.1) is 0 Å². The van der Waals surface area contributed by atoms with Gasteiger partial charge in [-0.25, -0.2) is 9.37 Å². The van der Waals surface area contributed by atoms with E-state index in [0.29, 0.717) is 6.61 Å². The van der Waals surface area contributed by atoms with Crippen molar-refractivity contribution in [2.24, 2.45) is 0 Å². The van der Waals surface area contributed by atoms with E-state index in [1.54, 1.807) is 17.1 Å². The molecule has 3 aromatic heterocycles. The van der Waals surface area contributed by atoms with E-state index in [1.165, 1.54) is 0 Å². The molecule has 3 heterocycles. The molecule has 5 aromatic rings. The standard InChI is InChI=1S/C26H21FN4O/c27-13-16-31-17-24(19-11-14-28-15-12-19)26(30-31)21-6-9-23(10-7-21)32-18-22-8-5-20-3-1-2-4-25(20)29-22/h1-12,14-15,17H,13,16,18H2/i27-1. The van der Waals surface area contributed by atoms with Gasteiger partial charge in [0.1, 0.15) is 24.7 Å². The van der Waals surface area contributed by atoms with Crippen molar-refractivity contribution >= 4 is 10.9 Å². The number of hydrogen-bond donors (Lipinski definition) is 0. The van der Waals surface area contributed by atoms with Crippen molar-refractivity contribution in [1.82, 2.24) is 19.7 Å². The highest BCUT2D eigenvalue weighted by Gasteiger charge is 2.13. The van der Waals surface area contributed by atoms with Crippen LogP contribution in [0.4, 0.5) is 4.39 Å². The second kappa shape index (κ2) is 8.98. The summed E-state index contributed by atoms with van der Waals surface area (Å²) in [6.07, 6.45) is 5.35. The molecule has 0 N–H and O–H groups in total. The number of alkyl halides is 1. The molecule has 0 amide bonds. The molecule has 6 heteroatoms. The maximum Gasteiger partial charge on any atom is 0.130 e. The normalized spacial score (nSPS) is 11.0. The number of benzene rings is 2. The molecule has 0 spiro atoms. The van der Waals surface area contributed by atoms with Gasteiger partial charge in [-0.05, 0) is 54.1 Å². The van der Waals surface area contributed by atoms with Gasteiger partial charge < -0.3 is 4.74 Å². The van der Waals surface area contributed by atoms with Crippen molar-refractivity contribution in [3.8, 4) is 28.1 Å². The van der Waals surface area contributed by atoms with Crippen LogP contribution in [-0.2, 0) is 13.2 Å². The highest BCUT2D eigenvalue weighted by molar-refractivity contribution is 5.80. The number of rotatable bonds is 7. The Kier molecular flexibility index (Phi) is 5.58. The highest BCUT2D eigenvalue weighted by Crippen LogP contribution is 2.32. The number of nitrogens with zero attached hydrogens (tertiary/aromatic N) is 4. The molecule has 0 aliphatic rings.